The van der Waals surface area contributed by atoms with E-state index in [1.807, 2.05) is 0 Å². The van der Waals surface area contributed by atoms with Crippen LogP contribution in [0.25, 0.3) is 0 Å². The SMILES string of the molecule is NCC1(NC(=O)C2CCC(C(F)(F)F)CC2)CCOCC1. The molecule has 122 valence electrons. The van der Waals surface area contributed by atoms with Crippen LogP contribution in [0.5, 0.6) is 0 Å². The third-order valence-electron chi connectivity index (χ3n) is 4.79. The molecule has 2 aliphatic rings. The van der Waals surface area contributed by atoms with Crippen LogP contribution >= 0.6 is 0 Å². The molecule has 2 rings (SSSR count). The largest absolute Gasteiger partial charge is 0.391 e. The number of halogens is 3. The second-order valence-corrected chi connectivity index (χ2v) is 6.18. The van der Waals surface area contributed by atoms with Crippen molar-refractivity contribution in [3.05, 3.63) is 0 Å². The van der Waals surface area contributed by atoms with Crippen LogP contribution in [0.3, 0.4) is 0 Å². The summed E-state index contributed by atoms with van der Waals surface area (Å²) in [6.07, 6.45) is -2.14. The third-order valence-corrected chi connectivity index (χ3v) is 4.79. The Morgan fingerprint density at radius 3 is 2.24 bits per heavy atom. The van der Waals surface area contributed by atoms with Crippen molar-refractivity contribution >= 4 is 5.91 Å². The quantitative estimate of drug-likeness (QED) is 0.838. The van der Waals surface area contributed by atoms with Crippen LogP contribution in [0.1, 0.15) is 38.5 Å². The summed E-state index contributed by atoms with van der Waals surface area (Å²) in [7, 11) is 0. The highest BCUT2D eigenvalue weighted by molar-refractivity contribution is 5.79. The van der Waals surface area contributed by atoms with Gasteiger partial charge in [-0.2, -0.15) is 13.2 Å². The number of ether oxygens (including phenoxy) is 1. The second-order valence-electron chi connectivity index (χ2n) is 6.18. The van der Waals surface area contributed by atoms with E-state index in [4.69, 9.17) is 10.5 Å². The van der Waals surface area contributed by atoms with Gasteiger partial charge in [-0.3, -0.25) is 4.79 Å². The van der Waals surface area contributed by atoms with Crippen LogP contribution < -0.4 is 11.1 Å². The molecule has 0 aromatic heterocycles. The lowest BCUT2D eigenvalue weighted by atomic mass is 9.80. The zero-order valence-corrected chi connectivity index (χ0v) is 12.0. The first-order chi connectivity index (χ1) is 9.86. The molecule has 1 amide bonds. The van der Waals surface area contributed by atoms with Crippen molar-refractivity contribution in [2.45, 2.75) is 50.2 Å². The molecule has 1 saturated heterocycles. The van der Waals surface area contributed by atoms with E-state index in [0.29, 0.717) is 45.4 Å². The maximum atomic E-state index is 12.6. The Bertz CT molecular complexity index is 360. The predicted octanol–water partition coefficient (Wildman–Crippen LogP) is 1.98. The molecule has 1 aliphatic heterocycles. The molecular weight excluding hydrogens is 285 g/mol. The Balaban J connectivity index is 1.87. The molecule has 2 fully saturated rings. The van der Waals surface area contributed by atoms with Gasteiger partial charge in [0.05, 0.1) is 11.5 Å². The van der Waals surface area contributed by atoms with Crippen molar-refractivity contribution < 1.29 is 22.7 Å². The molecule has 1 saturated carbocycles. The molecule has 21 heavy (non-hydrogen) atoms. The van der Waals surface area contributed by atoms with E-state index >= 15 is 0 Å². The van der Waals surface area contributed by atoms with Gasteiger partial charge in [0, 0.05) is 25.7 Å². The van der Waals surface area contributed by atoms with E-state index in [-0.39, 0.29) is 24.7 Å². The van der Waals surface area contributed by atoms with Gasteiger partial charge in [-0.25, -0.2) is 0 Å². The number of nitrogens with two attached hydrogens (primary N) is 1. The number of rotatable bonds is 3. The first kappa shape index (κ1) is 16.5. The van der Waals surface area contributed by atoms with E-state index in [1.54, 1.807) is 0 Å². The van der Waals surface area contributed by atoms with E-state index < -0.39 is 17.6 Å². The maximum absolute atomic E-state index is 12.6. The minimum atomic E-state index is -4.14. The number of alkyl halides is 3. The van der Waals surface area contributed by atoms with E-state index in [0.717, 1.165) is 0 Å². The number of amides is 1. The summed E-state index contributed by atoms with van der Waals surface area (Å²) in [5, 5.41) is 2.98. The Morgan fingerprint density at radius 2 is 1.76 bits per heavy atom. The van der Waals surface area contributed by atoms with Gasteiger partial charge in [-0.05, 0) is 38.5 Å². The molecule has 1 aliphatic carbocycles. The van der Waals surface area contributed by atoms with Gasteiger partial charge in [0.1, 0.15) is 0 Å². The minimum Gasteiger partial charge on any atom is -0.381 e. The van der Waals surface area contributed by atoms with Crippen molar-refractivity contribution in [3.63, 3.8) is 0 Å². The summed E-state index contributed by atoms with van der Waals surface area (Å²) >= 11 is 0. The highest BCUT2D eigenvalue weighted by atomic mass is 19.4. The van der Waals surface area contributed by atoms with Crippen molar-refractivity contribution in [1.82, 2.24) is 5.32 Å². The molecule has 1 heterocycles. The summed E-state index contributed by atoms with van der Waals surface area (Å²) in [6, 6.07) is 0. The zero-order valence-electron chi connectivity index (χ0n) is 12.0. The highest BCUT2D eigenvalue weighted by Gasteiger charge is 2.43. The van der Waals surface area contributed by atoms with Gasteiger partial charge in [0.25, 0.3) is 0 Å². The number of nitrogens with one attached hydrogen (secondary N) is 1. The Kier molecular flexibility index (Phi) is 5.14. The van der Waals surface area contributed by atoms with Gasteiger partial charge in [0.15, 0.2) is 0 Å². The molecule has 0 unspecified atom stereocenters. The fourth-order valence-corrected chi connectivity index (χ4v) is 3.19. The monoisotopic (exact) mass is 308 g/mol. The Labute approximate surface area is 122 Å². The van der Waals surface area contributed by atoms with Gasteiger partial charge in [0.2, 0.25) is 5.91 Å². The maximum Gasteiger partial charge on any atom is 0.391 e. The molecule has 0 radical (unpaired) electrons. The van der Waals surface area contributed by atoms with E-state index in [1.165, 1.54) is 0 Å². The topological polar surface area (TPSA) is 64.3 Å². The summed E-state index contributed by atoms with van der Waals surface area (Å²) in [6.45, 7) is 1.44. The minimum absolute atomic E-state index is 0.0420. The summed E-state index contributed by atoms with van der Waals surface area (Å²) in [4.78, 5) is 12.3. The average Bonchev–Trinajstić information content (AvgIpc) is 2.47. The predicted molar refractivity (Wildman–Crippen MR) is 71.5 cm³/mol. The molecule has 0 atom stereocenters. The Morgan fingerprint density at radius 1 is 1.19 bits per heavy atom. The Hall–Kier alpha value is -0.820. The lowest BCUT2D eigenvalue weighted by molar-refractivity contribution is -0.184. The number of hydrogen-bond donors (Lipinski definition) is 2. The van der Waals surface area contributed by atoms with Gasteiger partial charge in [-0.15, -0.1) is 0 Å². The fraction of sp³-hybridized carbons (Fsp3) is 0.929. The first-order valence-corrected chi connectivity index (χ1v) is 7.53. The summed E-state index contributed by atoms with van der Waals surface area (Å²) in [5.74, 6) is -1.73. The van der Waals surface area contributed by atoms with E-state index in [9.17, 15) is 18.0 Å². The lowest BCUT2D eigenvalue weighted by Gasteiger charge is -2.39. The fourth-order valence-electron chi connectivity index (χ4n) is 3.19. The van der Waals surface area contributed by atoms with Crippen molar-refractivity contribution in [2.24, 2.45) is 17.6 Å². The van der Waals surface area contributed by atoms with Crippen molar-refractivity contribution in [2.75, 3.05) is 19.8 Å². The zero-order chi connectivity index (χ0) is 15.5. The number of carbonyl (C=O) groups is 1. The van der Waals surface area contributed by atoms with Crippen LogP contribution in [0.15, 0.2) is 0 Å². The normalized spacial score (nSPS) is 29.9. The highest BCUT2D eigenvalue weighted by Crippen LogP contribution is 2.39. The molecule has 0 aromatic rings. The molecule has 0 aromatic carbocycles. The van der Waals surface area contributed by atoms with Crippen molar-refractivity contribution in [1.29, 1.82) is 0 Å². The van der Waals surface area contributed by atoms with Gasteiger partial charge in [-0.1, -0.05) is 0 Å². The lowest BCUT2D eigenvalue weighted by Crippen LogP contribution is -2.58. The number of carbonyl (C=O) groups excluding carboxylic acids is 1. The molecule has 3 N–H and O–H groups in total. The molecule has 7 heteroatoms. The second kappa shape index (κ2) is 6.52. The first-order valence-electron chi connectivity index (χ1n) is 7.53. The molecule has 4 nitrogen and oxygen atoms in total. The number of hydrogen-bond acceptors (Lipinski definition) is 3. The van der Waals surface area contributed by atoms with Crippen LogP contribution in [0, 0.1) is 11.8 Å². The molecule has 0 spiro atoms. The molecule has 0 bridgehead atoms. The summed E-state index contributed by atoms with van der Waals surface area (Å²) in [5.41, 5.74) is 5.33. The van der Waals surface area contributed by atoms with Crippen LogP contribution in [0.2, 0.25) is 0 Å². The summed E-state index contributed by atoms with van der Waals surface area (Å²) < 4.78 is 43.2. The van der Waals surface area contributed by atoms with Crippen LogP contribution in [0.4, 0.5) is 13.2 Å². The van der Waals surface area contributed by atoms with Crippen LogP contribution in [-0.2, 0) is 9.53 Å². The van der Waals surface area contributed by atoms with Crippen LogP contribution in [-0.4, -0.2) is 37.4 Å². The van der Waals surface area contributed by atoms with Gasteiger partial charge < -0.3 is 15.8 Å². The molecular formula is C14H23F3N2O2. The van der Waals surface area contributed by atoms with Gasteiger partial charge >= 0.3 is 6.18 Å². The smallest absolute Gasteiger partial charge is 0.381 e. The van der Waals surface area contributed by atoms with Crippen molar-refractivity contribution in [3.8, 4) is 0 Å². The standard InChI is InChI=1S/C14H23F3N2O2/c15-14(16,17)11-3-1-10(2-4-11)12(20)19-13(9-18)5-7-21-8-6-13/h10-11H,1-9,18H2,(H,19,20). The third kappa shape index (κ3) is 4.10. The van der Waals surface area contributed by atoms with E-state index in [2.05, 4.69) is 5.32 Å². The average molecular weight is 308 g/mol.